The molecular weight excluding hydrogens is 280 g/mol. The Kier molecular flexibility index (Phi) is 4.70. The lowest BCUT2D eigenvalue weighted by Gasteiger charge is -2.09. The first-order chi connectivity index (χ1) is 10.5. The van der Waals surface area contributed by atoms with E-state index in [1.54, 1.807) is 24.3 Å². The number of rotatable bonds is 4. The van der Waals surface area contributed by atoms with Crippen LogP contribution >= 0.6 is 0 Å². The van der Waals surface area contributed by atoms with Gasteiger partial charge in [-0.15, -0.1) is 0 Å². The summed E-state index contributed by atoms with van der Waals surface area (Å²) in [4.78, 5) is 24.4. The summed E-state index contributed by atoms with van der Waals surface area (Å²) in [5.74, 6) is -0.125. The minimum Gasteiger partial charge on any atom is -0.267 e. The van der Waals surface area contributed by atoms with Crippen molar-refractivity contribution in [3.8, 4) is 0 Å². The smallest absolute Gasteiger partial charge is 0.267 e. The molecule has 1 aromatic heterocycles. The van der Waals surface area contributed by atoms with Gasteiger partial charge in [-0.25, -0.2) is 10.1 Å². The maximum Gasteiger partial charge on any atom is 0.292 e. The van der Waals surface area contributed by atoms with Gasteiger partial charge in [0.2, 0.25) is 0 Å². The van der Waals surface area contributed by atoms with Crippen LogP contribution < -0.4 is 11.0 Å². The Morgan fingerprint density at radius 3 is 2.64 bits per heavy atom. The van der Waals surface area contributed by atoms with Gasteiger partial charge in [0.05, 0.1) is 5.39 Å². The Morgan fingerprint density at radius 1 is 1.36 bits per heavy atom. The van der Waals surface area contributed by atoms with E-state index in [1.807, 2.05) is 13.8 Å². The number of aromatic nitrogens is 2. The fourth-order valence-corrected chi connectivity index (χ4v) is 2.06. The zero-order valence-corrected chi connectivity index (χ0v) is 13.3. The Balaban J connectivity index is 2.41. The van der Waals surface area contributed by atoms with Crippen LogP contribution in [0.1, 0.15) is 37.7 Å². The highest BCUT2D eigenvalue weighted by molar-refractivity contribution is 6.05. The van der Waals surface area contributed by atoms with Crippen molar-refractivity contribution in [3.63, 3.8) is 0 Å². The number of hydrazone groups is 1. The lowest BCUT2D eigenvalue weighted by molar-refractivity contribution is 0.0949. The van der Waals surface area contributed by atoms with Crippen LogP contribution in [-0.4, -0.2) is 21.4 Å². The number of fused-ring (bicyclic) bond motifs is 1. The summed E-state index contributed by atoms with van der Waals surface area (Å²) in [6.45, 7) is 5.99. The van der Waals surface area contributed by atoms with Crippen LogP contribution in [0.2, 0.25) is 0 Å². The molecule has 6 heteroatoms. The minimum atomic E-state index is -0.422. The van der Waals surface area contributed by atoms with Gasteiger partial charge in [0.15, 0.2) is 5.69 Å². The number of carbonyl (C=O) groups is 1. The van der Waals surface area contributed by atoms with Gasteiger partial charge >= 0.3 is 0 Å². The average molecular weight is 300 g/mol. The van der Waals surface area contributed by atoms with Crippen LogP contribution in [0.5, 0.6) is 0 Å². The molecule has 1 amide bonds. The van der Waals surface area contributed by atoms with Crippen LogP contribution in [0.25, 0.3) is 10.8 Å². The molecule has 0 aliphatic rings. The molecule has 0 fully saturated rings. The summed E-state index contributed by atoms with van der Waals surface area (Å²) in [7, 11) is 1.53. The largest absolute Gasteiger partial charge is 0.292 e. The number of hydrogen-bond acceptors (Lipinski definition) is 4. The van der Waals surface area contributed by atoms with Crippen molar-refractivity contribution >= 4 is 22.4 Å². The van der Waals surface area contributed by atoms with Gasteiger partial charge in [0, 0.05) is 18.1 Å². The van der Waals surface area contributed by atoms with Crippen molar-refractivity contribution in [3.05, 3.63) is 40.3 Å². The van der Waals surface area contributed by atoms with E-state index in [1.165, 1.54) is 11.7 Å². The Hall–Kier alpha value is -2.50. The number of carbonyl (C=O) groups excluding carboxylic acids is 1. The van der Waals surface area contributed by atoms with E-state index in [9.17, 15) is 9.59 Å². The number of nitrogens with zero attached hydrogens (tertiary/aromatic N) is 3. The molecule has 0 aliphatic carbocycles. The quantitative estimate of drug-likeness (QED) is 0.694. The maximum absolute atomic E-state index is 12.3. The molecule has 0 aliphatic heterocycles. The second kappa shape index (κ2) is 6.51. The van der Waals surface area contributed by atoms with Crippen LogP contribution in [0.15, 0.2) is 34.2 Å². The van der Waals surface area contributed by atoms with Gasteiger partial charge in [-0.1, -0.05) is 32.0 Å². The van der Waals surface area contributed by atoms with E-state index < -0.39 is 5.91 Å². The van der Waals surface area contributed by atoms with Crippen LogP contribution in [-0.2, 0) is 7.05 Å². The Morgan fingerprint density at radius 2 is 2.00 bits per heavy atom. The SMILES string of the molecule is CC[C@H](C)/C(C)=N\NC(=O)c1nn(C)c(=O)c2ccccc12. The first kappa shape index (κ1) is 15.9. The fraction of sp³-hybridized carbons (Fsp3) is 0.375. The lowest BCUT2D eigenvalue weighted by Crippen LogP contribution is -2.28. The van der Waals surface area contributed by atoms with Crippen molar-refractivity contribution in [2.75, 3.05) is 0 Å². The lowest BCUT2D eigenvalue weighted by atomic mass is 10.1. The van der Waals surface area contributed by atoms with Gasteiger partial charge in [0.1, 0.15) is 0 Å². The number of aryl methyl sites for hydroxylation is 1. The zero-order chi connectivity index (χ0) is 16.3. The van der Waals surface area contributed by atoms with Crippen LogP contribution in [0.3, 0.4) is 0 Å². The number of benzene rings is 1. The zero-order valence-electron chi connectivity index (χ0n) is 13.3. The molecule has 0 saturated carbocycles. The molecule has 0 saturated heterocycles. The number of hydrogen-bond donors (Lipinski definition) is 1. The molecule has 0 radical (unpaired) electrons. The molecular formula is C16H20N4O2. The van der Waals surface area contributed by atoms with E-state index in [2.05, 4.69) is 22.5 Å². The summed E-state index contributed by atoms with van der Waals surface area (Å²) in [5, 5.41) is 9.18. The van der Waals surface area contributed by atoms with E-state index in [4.69, 9.17) is 0 Å². The predicted molar refractivity (Wildman–Crippen MR) is 87.0 cm³/mol. The third-order valence-electron chi connectivity index (χ3n) is 3.83. The maximum atomic E-state index is 12.3. The highest BCUT2D eigenvalue weighted by atomic mass is 16.2. The third kappa shape index (κ3) is 3.05. The fourth-order valence-electron chi connectivity index (χ4n) is 2.06. The van der Waals surface area contributed by atoms with E-state index in [-0.39, 0.29) is 11.3 Å². The van der Waals surface area contributed by atoms with E-state index >= 15 is 0 Å². The van der Waals surface area contributed by atoms with Crippen molar-refractivity contribution in [2.24, 2.45) is 18.1 Å². The molecule has 22 heavy (non-hydrogen) atoms. The second-order valence-electron chi connectivity index (χ2n) is 5.33. The Labute approximate surface area is 128 Å². The highest BCUT2D eigenvalue weighted by Crippen LogP contribution is 2.13. The minimum absolute atomic E-state index is 0.193. The first-order valence-corrected chi connectivity index (χ1v) is 7.26. The van der Waals surface area contributed by atoms with Gasteiger partial charge in [0.25, 0.3) is 11.5 Å². The third-order valence-corrected chi connectivity index (χ3v) is 3.83. The molecule has 1 aromatic carbocycles. The van der Waals surface area contributed by atoms with E-state index in [0.29, 0.717) is 16.7 Å². The molecule has 2 aromatic rings. The Bertz CT molecular complexity index is 792. The van der Waals surface area contributed by atoms with Crippen molar-refractivity contribution in [2.45, 2.75) is 27.2 Å². The van der Waals surface area contributed by atoms with Crippen molar-refractivity contribution < 1.29 is 4.79 Å². The van der Waals surface area contributed by atoms with Gasteiger partial charge < -0.3 is 0 Å². The summed E-state index contributed by atoms with van der Waals surface area (Å²) in [5.41, 5.74) is 3.34. The molecule has 1 N–H and O–H groups in total. The van der Waals surface area contributed by atoms with E-state index in [0.717, 1.165) is 12.1 Å². The molecule has 0 unspecified atom stereocenters. The number of amides is 1. The monoisotopic (exact) mass is 300 g/mol. The normalized spacial score (nSPS) is 13.2. The average Bonchev–Trinajstić information content (AvgIpc) is 2.54. The highest BCUT2D eigenvalue weighted by Gasteiger charge is 2.15. The standard InChI is InChI=1S/C16H20N4O2/c1-5-10(2)11(3)17-18-15(21)14-12-8-6-7-9-13(12)16(22)20(4)19-14/h6-10H,5H2,1-4H3,(H,18,21)/b17-11-/t10-/m0/s1. The molecule has 0 bridgehead atoms. The van der Waals surface area contributed by atoms with Gasteiger partial charge in [-0.3, -0.25) is 9.59 Å². The molecule has 0 spiro atoms. The second-order valence-corrected chi connectivity index (χ2v) is 5.33. The molecule has 1 atom stereocenters. The molecule has 6 nitrogen and oxygen atoms in total. The summed E-state index contributed by atoms with van der Waals surface area (Å²) in [6, 6.07) is 6.93. The molecule has 1 heterocycles. The van der Waals surface area contributed by atoms with Gasteiger partial charge in [-0.2, -0.15) is 10.2 Å². The van der Waals surface area contributed by atoms with Crippen molar-refractivity contribution in [1.29, 1.82) is 0 Å². The van der Waals surface area contributed by atoms with Crippen LogP contribution in [0.4, 0.5) is 0 Å². The predicted octanol–water partition coefficient (Wildman–Crippen LogP) is 2.09. The summed E-state index contributed by atoms with van der Waals surface area (Å²) >= 11 is 0. The van der Waals surface area contributed by atoms with Crippen LogP contribution in [0, 0.1) is 5.92 Å². The van der Waals surface area contributed by atoms with Crippen molar-refractivity contribution in [1.82, 2.24) is 15.2 Å². The summed E-state index contributed by atoms with van der Waals surface area (Å²) in [6.07, 6.45) is 0.951. The molecule has 116 valence electrons. The first-order valence-electron chi connectivity index (χ1n) is 7.26. The summed E-state index contributed by atoms with van der Waals surface area (Å²) < 4.78 is 1.17. The number of nitrogens with one attached hydrogen (secondary N) is 1. The molecule has 2 rings (SSSR count). The van der Waals surface area contributed by atoms with Gasteiger partial charge in [-0.05, 0) is 25.3 Å². The topological polar surface area (TPSA) is 76.3 Å².